The van der Waals surface area contributed by atoms with E-state index < -0.39 is 0 Å². The smallest absolute Gasteiger partial charge is 0.0540 e. The Morgan fingerprint density at radius 3 is 1.32 bits per heavy atom. The fourth-order valence-electron chi connectivity index (χ4n) is 8.61. The van der Waals surface area contributed by atoms with Gasteiger partial charge < -0.3 is 9.80 Å². The zero-order valence-corrected chi connectivity index (χ0v) is 32.8. The Labute approximate surface area is 332 Å². The van der Waals surface area contributed by atoms with Gasteiger partial charge in [0.1, 0.15) is 0 Å². The second-order valence-corrected chi connectivity index (χ2v) is 16.5. The number of rotatable bonds is 8. The van der Waals surface area contributed by atoms with E-state index in [-0.39, 0.29) is 10.8 Å². The molecule has 0 saturated heterocycles. The highest BCUT2D eigenvalue weighted by Gasteiger charge is 2.37. The monoisotopic (exact) mass is 724 g/mol. The van der Waals surface area contributed by atoms with Crippen molar-refractivity contribution in [1.29, 1.82) is 0 Å². The molecular formula is C54H48N2. The summed E-state index contributed by atoms with van der Waals surface area (Å²) in [4.78, 5) is 4.70. The third-order valence-corrected chi connectivity index (χ3v) is 11.9. The first-order valence-electron chi connectivity index (χ1n) is 19.9. The minimum Gasteiger partial charge on any atom is -0.311 e. The Bertz CT molecular complexity index is 2600. The second-order valence-electron chi connectivity index (χ2n) is 16.5. The van der Waals surface area contributed by atoms with Crippen molar-refractivity contribution in [3.8, 4) is 22.3 Å². The summed E-state index contributed by atoms with van der Waals surface area (Å²) in [6.07, 6.45) is 2.44. The molecule has 8 aromatic rings. The molecule has 274 valence electrons. The van der Waals surface area contributed by atoms with Crippen LogP contribution in [-0.4, -0.2) is 0 Å². The van der Waals surface area contributed by atoms with E-state index in [0.717, 1.165) is 34.1 Å². The number of nitrogens with zero attached hydrogens (tertiary/aromatic N) is 2. The van der Waals surface area contributed by atoms with Crippen LogP contribution in [0.4, 0.5) is 34.1 Å². The maximum absolute atomic E-state index is 2.45. The molecule has 0 heterocycles. The molecule has 8 aromatic carbocycles. The number of fused-ring (bicyclic) bond motifs is 2. The van der Waals surface area contributed by atoms with Gasteiger partial charge in [0.25, 0.3) is 0 Å². The van der Waals surface area contributed by atoms with E-state index in [0.29, 0.717) is 0 Å². The molecule has 0 bridgehead atoms. The zero-order chi connectivity index (χ0) is 38.3. The van der Waals surface area contributed by atoms with Crippen LogP contribution >= 0.6 is 0 Å². The minimum absolute atomic E-state index is 0.180. The maximum Gasteiger partial charge on any atom is 0.0540 e. The van der Waals surface area contributed by atoms with Crippen molar-refractivity contribution in [1.82, 2.24) is 0 Å². The Balaban J connectivity index is 1.02. The maximum atomic E-state index is 2.45. The van der Waals surface area contributed by atoms with E-state index in [1.165, 1.54) is 57.0 Å². The van der Waals surface area contributed by atoms with Crippen LogP contribution in [0.3, 0.4) is 0 Å². The van der Waals surface area contributed by atoms with Crippen molar-refractivity contribution >= 4 is 44.9 Å². The van der Waals surface area contributed by atoms with E-state index in [1.54, 1.807) is 0 Å². The molecule has 0 radical (unpaired) electrons. The number of benzene rings is 8. The quantitative estimate of drug-likeness (QED) is 0.154. The van der Waals surface area contributed by atoms with Gasteiger partial charge in [-0.3, -0.25) is 0 Å². The molecule has 1 aliphatic rings. The third kappa shape index (κ3) is 6.66. The van der Waals surface area contributed by atoms with Gasteiger partial charge in [-0.15, -0.1) is 0 Å². The van der Waals surface area contributed by atoms with Gasteiger partial charge in [0.2, 0.25) is 0 Å². The van der Waals surface area contributed by atoms with E-state index in [9.17, 15) is 0 Å². The van der Waals surface area contributed by atoms with Gasteiger partial charge in [-0.2, -0.15) is 0 Å². The van der Waals surface area contributed by atoms with Crippen LogP contribution in [0.1, 0.15) is 51.7 Å². The van der Waals surface area contributed by atoms with Crippen LogP contribution in [0.2, 0.25) is 0 Å². The van der Waals surface area contributed by atoms with Crippen molar-refractivity contribution in [2.75, 3.05) is 9.80 Å². The highest BCUT2D eigenvalue weighted by Crippen LogP contribution is 2.47. The lowest BCUT2D eigenvalue weighted by Gasteiger charge is -2.42. The molecule has 0 saturated carbocycles. The third-order valence-electron chi connectivity index (χ3n) is 11.9. The van der Waals surface area contributed by atoms with E-state index in [1.807, 2.05) is 0 Å². The zero-order valence-electron chi connectivity index (χ0n) is 32.8. The van der Waals surface area contributed by atoms with Gasteiger partial charge in [0.05, 0.1) is 5.69 Å². The van der Waals surface area contributed by atoms with Crippen LogP contribution in [0.5, 0.6) is 0 Å². The largest absolute Gasteiger partial charge is 0.311 e. The second kappa shape index (κ2) is 14.4. The van der Waals surface area contributed by atoms with Crippen LogP contribution < -0.4 is 9.80 Å². The molecule has 1 aliphatic carbocycles. The van der Waals surface area contributed by atoms with Crippen molar-refractivity contribution in [3.63, 3.8) is 0 Å². The summed E-state index contributed by atoms with van der Waals surface area (Å²) >= 11 is 0. The summed E-state index contributed by atoms with van der Waals surface area (Å²) in [6.45, 7) is 9.59. The van der Waals surface area contributed by atoms with Crippen molar-refractivity contribution in [2.45, 2.75) is 51.4 Å². The number of hydrogen-bond acceptors (Lipinski definition) is 2. The predicted octanol–water partition coefficient (Wildman–Crippen LogP) is 15.5. The highest BCUT2D eigenvalue weighted by atomic mass is 15.1. The van der Waals surface area contributed by atoms with Crippen LogP contribution in [0.15, 0.2) is 194 Å². The molecule has 0 spiro atoms. The molecule has 2 heteroatoms. The highest BCUT2D eigenvalue weighted by molar-refractivity contribution is 5.99. The minimum atomic E-state index is 0.180. The van der Waals surface area contributed by atoms with Crippen LogP contribution in [0, 0.1) is 0 Å². The van der Waals surface area contributed by atoms with Gasteiger partial charge in [-0.1, -0.05) is 155 Å². The first kappa shape index (κ1) is 35.3. The normalized spacial score (nSPS) is 14.2. The molecule has 0 N–H and O–H groups in total. The Kier molecular flexibility index (Phi) is 9.06. The van der Waals surface area contributed by atoms with Crippen molar-refractivity contribution < 1.29 is 0 Å². The van der Waals surface area contributed by atoms with E-state index in [4.69, 9.17) is 0 Å². The average Bonchev–Trinajstić information content (AvgIpc) is 3.24. The molecular weight excluding hydrogens is 677 g/mol. The molecule has 0 aromatic heterocycles. The molecule has 0 amide bonds. The molecule has 0 atom stereocenters. The lowest BCUT2D eigenvalue weighted by atomic mass is 9.63. The summed E-state index contributed by atoms with van der Waals surface area (Å²) in [5, 5.41) is 2.45. The molecule has 2 nitrogen and oxygen atoms in total. The van der Waals surface area contributed by atoms with Crippen molar-refractivity contribution in [3.05, 3.63) is 205 Å². The topological polar surface area (TPSA) is 6.48 Å². The Morgan fingerprint density at radius 2 is 0.750 bits per heavy atom. The van der Waals surface area contributed by atoms with Crippen molar-refractivity contribution in [2.24, 2.45) is 0 Å². The number of hydrogen-bond donors (Lipinski definition) is 0. The summed E-state index contributed by atoms with van der Waals surface area (Å²) in [5.74, 6) is 0. The summed E-state index contributed by atoms with van der Waals surface area (Å²) in [7, 11) is 0. The fourth-order valence-corrected chi connectivity index (χ4v) is 8.61. The van der Waals surface area contributed by atoms with Gasteiger partial charge in [0.15, 0.2) is 0 Å². The summed E-state index contributed by atoms with van der Waals surface area (Å²) < 4.78 is 0. The first-order valence-corrected chi connectivity index (χ1v) is 19.9. The Morgan fingerprint density at radius 1 is 0.339 bits per heavy atom. The molecule has 9 rings (SSSR count). The van der Waals surface area contributed by atoms with Crippen LogP contribution in [-0.2, 0) is 10.8 Å². The average molecular weight is 725 g/mol. The Hall–Kier alpha value is -6.38. The molecule has 0 unspecified atom stereocenters. The SMILES string of the molecule is CC1(C)CCC(C)(C)c2cc(-c3ccc(N(c4ccccc4)c4ccc(-c5ccc(N(c6ccccc6)c6cccc7ccccc67)cc5)cc4)cc3)ccc21. The summed E-state index contributed by atoms with van der Waals surface area (Å²) in [5.41, 5.74) is 15.1. The van der Waals surface area contributed by atoms with Gasteiger partial charge in [0, 0.05) is 33.8 Å². The lowest BCUT2D eigenvalue weighted by Crippen LogP contribution is -2.33. The van der Waals surface area contributed by atoms with Gasteiger partial charge >= 0.3 is 0 Å². The first-order chi connectivity index (χ1) is 27.2. The summed E-state index contributed by atoms with van der Waals surface area (Å²) in [6, 6.07) is 70.6. The van der Waals surface area contributed by atoms with E-state index >= 15 is 0 Å². The van der Waals surface area contributed by atoms with Gasteiger partial charge in [-0.25, -0.2) is 0 Å². The fraction of sp³-hybridized carbons (Fsp3) is 0.148. The number of para-hydroxylation sites is 2. The van der Waals surface area contributed by atoms with Gasteiger partial charge in [-0.05, 0) is 129 Å². The predicted molar refractivity (Wildman–Crippen MR) is 239 cm³/mol. The number of anilines is 6. The molecule has 0 fully saturated rings. The van der Waals surface area contributed by atoms with Crippen LogP contribution in [0.25, 0.3) is 33.0 Å². The lowest BCUT2D eigenvalue weighted by molar-refractivity contribution is 0.332. The molecule has 0 aliphatic heterocycles. The molecule has 56 heavy (non-hydrogen) atoms. The standard InChI is InChI=1S/C54H48N2/c1-53(2)36-37-54(3,4)51-38-43(28-35-50(51)53)41-26-31-47(32-27-41)55(44-16-7-5-8-17-44)46-29-22-39(23-30-46)40-24-33-48(34-25-40)56(45-18-9-6-10-19-45)52-21-13-15-42-14-11-12-20-49(42)52/h5-35,38H,36-37H2,1-4H3. The van der Waals surface area contributed by atoms with E-state index in [2.05, 4.69) is 232 Å².